The summed E-state index contributed by atoms with van der Waals surface area (Å²) in [4.78, 5) is 13.8. The van der Waals surface area contributed by atoms with Crippen molar-refractivity contribution in [1.82, 2.24) is 10.2 Å². The Kier molecular flexibility index (Phi) is 4.17. The minimum Gasteiger partial charge on any atom is -0.472 e. The number of furan rings is 1. The van der Waals surface area contributed by atoms with Crippen LogP contribution in [-0.2, 0) is 11.3 Å². The van der Waals surface area contributed by atoms with Crippen molar-refractivity contribution in [2.45, 2.75) is 25.4 Å². The Morgan fingerprint density at radius 2 is 2.29 bits per heavy atom. The molecule has 0 bridgehead atoms. The minimum absolute atomic E-state index is 0.0571. The summed E-state index contributed by atoms with van der Waals surface area (Å²) in [5.74, 6) is 0.0571. The quantitative estimate of drug-likeness (QED) is 0.791. The summed E-state index contributed by atoms with van der Waals surface area (Å²) in [7, 11) is 0. The van der Waals surface area contributed by atoms with E-state index in [1.54, 1.807) is 12.5 Å². The van der Waals surface area contributed by atoms with Crippen LogP contribution in [0.2, 0.25) is 0 Å². The first-order valence-electron chi connectivity index (χ1n) is 6.00. The first kappa shape index (κ1) is 12.1. The lowest BCUT2D eigenvalue weighted by Crippen LogP contribution is -2.44. The summed E-state index contributed by atoms with van der Waals surface area (Å²) in [6.07, 6.45) is 5.21. The molecule has 5 nitrogen and oxygen atoms in total. The van der Waals surface area contributed by atoms with Gasteiger partial charge in [-0.05, 0) is 18.9 Å². The molecule has 0 radical (unpaired) electrons. The molecule has 3 N–H and O–H groups in total. The molecule has 1 aliphatic rings. The summed E-state index contributed by atoms with van der Waals surface area (Å²) < 4.78 is 4.93. The molecule has 2 rings (SSSR count). The Balaban J connectivity index is 1.67. The second-order valence-corrected chi connectivity index (χ2v) is 4.52. The largest absolute Gasteiger partial charge is 0.472 e. The van der Waals surface area contributed by atoms with E-state index in [1.807, 2.05) is 6.07 Å². The molecule has 0 atom stereocenters. The van der Waals surface area contributed by atoms with Crippen LogP contribution in [0.15, 0.2) is 23.0 Å². The number of nitrogens with one attached hydrogen (secondary N) is 1. The molecule has 0 saturated carbocycles. The van der Waals surface area contributed by atoms with Crippen LogP contribution >= 0.6 is 0 Å². The fourth-order valence-corrected chi connectivity index (χ4v) is 1.96. The van der Waals surface area contributed by atoms with Crippen LogP contribution < -0.4 is 11.1 Å². The van der Waals surface area contributed by atoms with Gasteiger partial charge in [0.1, 0.15) is 0 Å². The van der Waals surface area contributed by atoms with Gasteiger partial charge in [-0.2, -0.15) is 0 Å². The Morgan fingerprint density at radius 1 is 1.53 bits per heavy atom. The Labute approximate surface area is 101 Å². The van der Waals surface area contributed by atoms with Crippen molar-refractivity contribution in [2.75, 3.05) is 19.6 Å². The highest BCUT2D eigenvalue weighted by molar-refractivity contribution is 5.78. The van der Waals surface area contributed by atoms with E-state index < -0.39 is 0 Å². The second-order valence-electron chi connectivity index (χ2n) is 4.52. The van der Waals surface area contributed by atoms with Gasteiger partial charge in [0.05, 0.1) is 19.1 Å². The summed E-state index contributed by atoms with van der Waals surface area (Å²) in [5, 5.41) is 2.87. The molecule has 1 saturated heterocycles. The summed E-state index contributed by atoms with van der Waals surface area (Å²) >= 11 is 0. The molecule has 1 fully saturated rings. The van der Waals surface area contributed by atoms with Gasteiger partial charge in [-0.3, -0.25) is 9.69 Å². The van der Waals surface area contributed by atoms with Crippen LogP contribution in [0, 0.1) is 0 Å². The van der Waals surface area contributed by atoms with Crippen LogP contribution in [0.25, 0.3) is 0 Å². The number of likely N-dealkylation sites (tertiary alicyclic amines) is 1. The van der Waals surface area contributed by atoms with E-state index in [0.29, 0.717) is 19.1 Å². The molecule has 1 aromatic heterocycles. The average Bonchev–Trinajstić information content (AvgIpc) is 2.83. The van der Waals surface area contributed by atoms with Gasteiger partial charge in [0.25, 0.3) is 0 Å². The zero-order chi connectivity index (χ0) is 12.1. The maximum absolute atomic E-state index is 11.7. The molecule has 1 aromatic rings. The Bertz CT molecular complexity index is 343. The van der Waals surface area contributed by atoms with E-state index in [9.17, 15) is 4.79 Å². The topological polar surface area (TPSA) is 71.5 Å². The molecule has 17 heavy (non-hydrogen) atoms. The van der Waals surface area contributed by atoms with Crippen LogP contribution in [0.5, 0.6) is 0 Å². The Morgan fingerprint density at radius 3 is 2.94 bits per heavy atom. The summed E-state index contributed by atoms with van der Waals surface area (Å²) in [6, 6.07) is 2.15. The maximum atomic E-state index is 11.7. The molecule has 0 unspecified atom stereocenters. The number of piperidine rings is 1. The third kappa shape index (κ3) is 3.87. The third-order valence-corrected chi connectivity index (χ3v) is 3.07. The summed E-state index contributed by atoms with van der Waals surface area (Å²) in [5.41, 5.74) is 6.80. The number of carbonyl (C=O) groups excluding carboxylic acids is 1. The molecule has 5 heteroatoms. The fraction of sp³-hybridized carbons (Fsp3) is 0.583. The van der Waals surface area contributed by atoms with E-state index in [2.05, 4.69) is 10.2 Å². The normalized spacial score (nSPS) is 18.2. The van der Waals surface area contributed by atoms with Gasteiger partial charge in [0.15, 0.2) is 0 Å². The second kappa shape index (κ2) is 5.84. The highest BCUT2D eigenvalue weighted by Crippen LogP contribution is 2.07. The maximum Gasteiger partial charge on any atom is 0.234 e. The number of hydrogen-bond acceptors (Lipinski definition) is 4. The van der Waals surface area contributed by atoms with Crippen molar-refractivity contribution >= 4 is 5.91 Å². The highest BCUT2D eigenvalue weighted by Gasteiger charge is 2.17. The molecule has 1 amide bonds. The van der Waals surface area contributed by atoms with Gasteiger partial charge in [-0.15, -0.1) is 0 Å². The smallest absolute Gasteiger partial charge is 0.234 e. The SMILES string of the molecule is NC1CCN(CC(=O)NCc2ccoc2)CC1. The van der Waals surface area contributed by atoms with Crippen molar-refractivity contribution in [3.63, 3.8) is 0 Å². The van der Waals surface area contributed by atoms with Crippen LogP contribution in [0.1, 0.15) is 18.4 Å². The number of hydrogen-bond donors (Lipinski definition) is 2. The number of nitrogens with zero attached hydrogens (tertiary/aromatic N) is 1. The van der Waals surface area contributed by atoms with Crippen molar-refractivity contribution in [1.29, 1.82) is 0 Å². The molecule has 94 valence electrons. The first-order chi connectivity index (χ1) is 8.24. The lowest BCUT2D eigenvalue weighted by atomic mass is 10.1. The highest BCUT2D eigenvalue weighted by atomic mass is 16.3. The standard InChI is InChI=1S/C12H19N3O2/c13-11-1-4-15(5-2-11)8-12(16)14-7-10-3-6-17-9-10/h3,6,9,11H,1-2,4-5,7-8,13H2,(H,14,16). The van der Waals surface area contributed by atoms with Gasteiger partial charge in [0, 0.05) is 31.2 Å². The van der Waals surface area contributed by atoms with E-state index in [0.717, 1.165) is 31.5 Å². The van der Waals surface area contributed by atoms with E-state index in [1.165, 1.54) is 0 Å². The van der Waals surface area contributed by atoms with Crippen molar-refractivity contribution in [3.8, 4) is 0 Å². The monoisotopic (exact) mass is 237 g/mol. The third-order valence-electron chi connectivity index (χ3n) is 3.07. The molecule has 0 spiro atoms. The van der Waals surface area contributed by atoms with Gasteiger partial charge in [0.2, 0.25) is 5.91 Å². The van der Waals surface area contributed by atoms with Crippen molar-refractivity contribution < 1.29 is 9.21 Å². The molecular formula is C12H19N3O2. The fourth-order valence-electron chi connectivity index (χ4n) is 1.96. The average molecular weight is 237 g/mol. The molecule has 1 aliphatic heterocycles. The van der Waals surface area contributed by atoms with E-state index in [4.69, 9.17) is 10.2 Å². The lowest BCUT2D eigenvalue weighted by Gasteiger charge is -2.29. The Hall–Kier alpha value is -1.33. The van der Waals surface area contributed by atoms with Gasteiger partial charge in [-0.1, -0.05) is 0 Å². The number of rotatable bonds is 4. The number of carbonyl (C=O) groups is 1. The van der Waals surface area contributed by atoms with Gasteiger partial charge < -0.3 is 15.5 Å². The zero-order valence-electron chi connectivity index (χ0n) is 9.89. The van der Waals surface area contributed by atoms with E-state index >= 15 is 0 Å². The van der Waals surface area contributed by atoms with Crippen molar-refractivity contribution in [3.05, 3.63) is 24.2 Å². The number of amides is 1. The molecule has 0 aliphatic carbocycles. The molecular weight excluding hydrogens is 218 g/mol. The van der Waals surface area contributed by atoms with Gasteiger partial charge >= 0.3 is 0 Å². The molecule has 2 heterocycles. The zero-order valence-corrected chi connectivity index (χ0v) is 9.89. The predicted octanol–water partition coefficient (Wildman–Crippen LogP) is 0.319. The van der Waals surface area contributed by atoms with E-state index in [-0.39, 0.29) is 5.91 Å². The van der Waals surface area contributed by atoms with Crippen LogP contribution in [0.3, 0.4) is 0 Å². The van der Waals surface area contributed by atoms with Crippen molar-refractivity contribution in [2.24, 2.45) is 5.73 Å². The van der Waals surface area contributed by atoms with Crippen LogP contribution in [0.4, 0.5) is 0 Å². The number of nitrogens with two attached hydrogens (primary N) is 1. The lowest BCUT2D eigenvalue weighted by molar-refractivity contribution is -0.122. The van der Waals surface area contributed by atoms with Crippen LogP contribution in [-0.4, -0.2) is 36.5 Å². The molecule has 0 aromatic carbocycles. The first-order valence-corrected chi connectivity index (χ1v) is 6.00. The van der Waals surface area contributed by atoms with Gasteiger partial charge in [-0.25, -0.2) is 0 Å². The summed E-state index contributed by atoms with van der Waals surface area (Å²) in [6.45, 7) is 2.83. The minimum atomic E-state index is 0.0571. The predicted molar refractivity (Wildman–Crippen MR) is 64.2 cm³/mol.